The Morgan fingerprint density at radius 2 is 1.85 bits per heavy atom. The third-order valence-corrected chi connectivity index (χ3v) is 3.72. The van der Waals surface area contributed by atoms with Crippen molar-refractivity contribution in [2.75, 3.05) is 5.32 Å². The number of carbonyl (C=O) groups excluding carboxylic acids is 1. The van der Waals surface area contributed by atoms with Gasteiger partial charge in [-0.3, -0.25) is 14.9 Å². The number of rotatable bonds is 4. The zero-order chi connectivity index (χ0) is 14.6. The van der Waals surface area contributed by atoms with Crippen molar-refractivity contribution in [2.45, 2.75) is 44.1 Å². The fourth-order valence-electron chi connectivity index (χ4n) is 2.62. The molecule has 0 spiro atoms. The van der Waals surface area contributed by atoms with Crippen LogP contribution in [0.1, 0.15) is 38.5 Å². The molecule has 3 N–H and O–H groups in total. The van der Waals surface area contributed by atoms with E-state index in [0.717, 1.165) is 25.7 Å². The van der Waals surface area contributed by atoms with E-state index in [-0.39, 0.29) is 11.6 Å². The first kappa shape index (κ1) is 14.5. The van der Waals surface area contributed by atoms with Crippen molar-refractivity contribution in [3.8, 4) is 0 Å². The third-order valence-electron chi connectivity index (χ3n) is 3.72. The van der Waals surface area contributed by atoms with Crippen LogP contribution in [0.5, 0.6) is 0 Å². The molecule has 108 valence electrons. The number of hydrogen-bond donors (Lipinski definition) is 2. The summed E-state index contributed by atoms with van der Waals surface area (Å²) in [6.45, 7) is 0. The molecule has 6 nitrogen and oxygen atoms in total. The second-order valence-corrected chi connectivity index (χ2v) is 5.45. The minimum absolute atomic E-state index is 0.00516. The van der Waals surface area contributed by atoms with Gasteiger partial charge in [0, 0.05) is 29.8 Å². The Bertz CT molecular complexity index is 493. The summed E-state index contributed by atoms with van der Waals surface area (Å²) in [6, 6.07) is 5.79. The Morgan fingerprint density at radius 3 is 2.40 bits per heavy atom. The summed E-state index contributed by atoms with van der Waals surface area (Å²) in [5.74, 6) is -0.136. The standard InChI is InChI=1S/C14H19N3O3/c15-14(8-2-1-3-9-14)10-13(18)16-11-4-6-12(7-5-11)17(19)20/h4-7H,1-3,8-10,15H2,(H,16,18). The smallest absolute Gasteiger partial charge is 0.269 e. The summed E-state index contributed by atoms with van der Waals surface area (Å²) < 4.78 is 0. The van der Waals surface area contributed by atoms with Gasteiger partial charge >= 0.3 is 0 Å². The SMILES string of the molecule is NC1(CC(=O)Nc2ccc([N+](=O)[O-])cc2)CCCCC1. The highest BCUT2D eigenvalue weighted by atomic mass is 16.6. The molecule has 20 heavy (non-hydrogen) atoms. The molecule has 0 unspecified atom stereocenters. The largest absolute Gasteiger partial charge is 0.326 e. The summed E-state index contributed by atoms with van der Waals surface area (Å²) >= 11 is 0. The molecule has 1 aliphatic carbocycles. The number of nitrogens with two attached hydrogens (primary N) is 1. The van der Waals surface area contributed by atoms with E-state index in [1.165, 1.54) is 30.7 Å². The summed E-state index contributed by atoms with van der Waals surface area (Å²) in [5, 5.41) is 13.3. The second-order valence-electron chi connectivity index (χ2n) is 5.45. The van der Waals surface area contributed by atoms with Gasteiger partial charge in [-0.05, 0) is 25.0 Å². The number of amides is 1. The highest BCUT2D eigenvalue weighted by Gasteiger charge is 2.29. The summed E-state index contributed by atoms with van der Waals surface area (Å²) in [7, 11) is 0. The maximum Gasteiger partial charge on any atom is 0.269 e. The van der Waals surface area contributed by atoms with Crippen molar-refractivity contribution in [3.05, 3.63) is 34.4 Å². The van der Waals surface area contributed by atoms with Gasteiger partial charge in [0.2, 0.25) is 5.91 Å². The average molecular weight is 277 g/mol. The van der Waals surface area contributed by atoms with Gasteiger partial charge in [0.1, 0.15) is 0 Å². The second kappa shape index (κ2) is 6.00. The Kier molecular flexibility index (Phi) is 4.34. The molecule has 1 aromatic rings. The Hall–Kier alpha value is -1.95. The van der Waals surface area contributed by atoms with Crippen LogP contribution in [0.2, 0.25) is 0 Å². The van der Waals surface area contributed by atoms with Crippen LogP contribution in [0.3, 0.4) is 0 Å². The molecule has 1 fully saturated rings. The van der Waals surface area contributed by atoms with Crippen LogP contribution in [-0.4, -0.2) is 16.4 Å². The molecule has 2 rings (SSSR count). The predicted molar refractivity (Wildman–Crippen MR) is 76.3 cm³/mol. The van der Waals surface area contributed by atoms with E-state index < -0.39 is 10.5 Å². The summed E-state index contributed by atoms with van der Waals surface area (Å²) in [4.78, 5) is 22.1. The molecule has 0 saturated heterocycles. The molecule has 1 saturated carbocycles. The number of nitrogens with zero attached hydrogens (tertiary/aromatic N) is 1. The summed E-state index contributed by atoms with van der Waals surface area (Å²) in [6.07, 6.45) is 5.37. The van der Waals surface area contributed by atoms with E-state index in [9.17, 15) is 14.9 Å². The predicted octanol–water partition coefficient (Wildman–Crippen LogP) is 2.59. The number of nitro benzene ring substituents is 1. The zero-order valence-corrected chi connectivity index (χ0v) is 11.3. The van der Waals surface area contributed by atoms with Gasteiger partial charge in [0.25, 0.3) is 5.69 Å². The van der Waals surface area contributed by atoms with E-state index in [4.69, 9.17) is 5.73 Å². The third kappa shape index (κ3) is 3.77. The normalized spacial score (nSPS) is 17.4. The van der Waals surface area contributed by atoms with Gasteiger partial charge in [-0.15, -0.1) is 0 Å². The lowest BCUT2D eigenvalue weighted by atomic mass is 9.80. The van der Waals surface area contributed by atoms with E-state index >= 15 is 0 Å². The van der Waals surface area contributed by atoms with Crippen molar-refractivity contribution < 1.29 is 9.72 Å². The van der Waals surface area contributed by atoms with Crippen molar-refractivity contribution in [2.24, 2.45) is 5.73 Å². The molecule has 0 bridgehead atoms. The Balaban J connectivity index is 1.92. The van der Waals surface area contributed by atoms with E-state index in [0.29, 0.717) is 12.1 Å². The Morgan fingerprint density at radius 1 is 1.25 bits per heavy atom. The molecule has 6 heteroatoms. The van der Waals surface area contributed by atoms with Crippen molar-refractivity contribution in [1.29, 1.82) is 0 Å². The fraction of sp³-hybridized carbons (Fsp3) is 0.500. The lowest BCUT2D eigenvalue weighted by Gasteiger charge is -2.32. The van der Waals surface area contributed by atoms with Crippen LogP contribution in [0.25, 0.3) is 0 Å². The first-order chi connectivity index (χ1) is 9.48. The molecule has 0 aromatic heterocycles. The quantitative estimate of drug-likeness (QED) is 0.652. The first-order valence-corrected chi connectivity index (χ1v) is 6.82. The van der Waals surface area contributed by atoms with Crippen LogP contribution in [-0.2, 0) is 4.79 Å². The lowest BCUT2D eigenvalue weighted by Crippen LogP contribution is -2.44. The van der Waals surface area contributed by atoms with E-state index in [1.54, 1.807) is 0 Å². The van der Waals surface area contributed by atoms with Crippen LogP contribution in [0, 0.1) is 10.1 Å². The molecular formula is C14H19N3O3. The van der Waals surface area contributed by atoms with Crippen LogP contribution in [0.4, 0.5) is 11.4 Å². The molecule has 0 aliphatic heterocycles. The van der Waals surface area contributed by atoms with Crippen LogP contribution in [0.15, 0.2) is 24.3 Å². The number of nitrogens with one attached hydrogen (secondary N) is 1. The average Bonchev–Trinajstić information content (AvgIpc) is 2.39. The number of hydrogen-bond acceptors (Lipinski definition) is 4. The van der Waals surface area contributed by atoms with Crippen molar-refractivity contribution in [1.82, 2.24) is 0 Å². The molecular weight excluding hydrogens is 258 g/mol. The number of non-ortho nitro benzene ring substituents is 1. The molecule has 1 aromatic carbocycles. The highest BCUT2D eigenvalue weighted by molar-refractivity contribution is 5.91. The fourth-order valence-corrected chi connectivity index (χ4v) is 2.62. The number of nitro groups is 1. The van der Waals surface area contributed by atoms with Gasteiger partial charge in [0.15, 0.2) is 0 Å². The summed E-state index contributed by atoms with van der Waals surface area (Å²) in [5.41, 5.74) is 6.39. The van der Waals surface area contributed by atoms with Crippen LogP contribution < -0.4 is 11.1 Å². The maximum absolute atomic E-state index is 12.0. The Labute approximate surface area is 117 Å². The van der Waals surface area contributed by atoms with Crippen molar-refractivity contribution in [3.63, 3.8) is 0 Å². The number of carbonyl (C=O) groups is 1. The maximum atomic E-state index is 12.0. The number of anilines is 1. The molecule has 0 atom stereocenters. The molecule has 1 aliphatic rings. The van der Waals surface area contributed by atoms with Crippen molar-refractivity contribution >= 4 is 17.3 Å². The minimum atomic E-state index is -0.470. The van der Waals surface area contributed by atoms with E-state index in [1.807, 2.05) is 0 Å². The monoisotopic (exact) mass is 277 g/mol. The van der Waals surface area contributed by atoms with Gasteiger partial charge in [-0.25, -0.2) is 0 Å². The van der Waals surface area contributed by atoms with Gasteiger partial charge in [-0.2, -0.15) is 0 Å². The number of benzene rings is 1. The van der Waals surface area contributed by atoms with E-state index in [2.05, 4.69) is 5.32 Å². The van der Waals surface area contributed by atoms with Gasteiger partial charge in [0.05, 0.1) is 4.92 Å². The topological polar surface area (TPSA) is 98.3 Å². The van der Waals surface area contributed by atoms with Crippen LogP contribution >= 0.6 is 0 Å². The lowest BCUT2D eigenvalue weighted by molar-refractivity contribution is -0.384. The highest BCUT2D eigenvalue weighted by Crippen LogP contribution is 2.29. The minimum Gasteiger partial charge on any atom is -0.326 e. The molecule has 0 radical (unpaired) electrons. The molecule has 0 heterocycles. The van der Waals surface area contributed by atoms with Gasteiger partial charge < -0.3 is 11.1 Å². The molecule has 1 amide bonds. The first-order valence-electron chi connectivity index (χ1n) is 6.82. The zero-order valence-electron chi connectivity index (χ0n) is 11.3. The van der Waals surface area contributed by atoms with Gasteiger partial charge in [-0.1, -0.05) is 19.3 Å².